The molecule has 1 rings (SSSR count). The van der Waals surface area contributed by atoms with E-state index in [4.69, 9.17) is 10.9 Å². The van der Waals surface area contributed by atoms with Crippen molar-refractivity contribution in [3.8, 4) is 0 Å². The van der Waals surface area contributed by atoms with Crippen molar-refractivity contribution in [1.82, 2.24) is 0 Å². The van der Waals surface area contributed by atoms with Gasteiger partial charge in [0, 0.05) is 24.3 Å². The fourth-order valence-electron chi connectivity index (χ4n) is 2.35. The second kappa shape index (κ2) is 7.17. The summed E-state index contributed by atoms with van der Waals surface area (Å²) in [6.45, 7) is 13.0. The van der Waals surface area contributed by atoms with Crippen LogP contribution in [-0.4, -0.2) is 24.1 Å². The standard InChI is InChI=1S/C16H27N3O/c1-11(2)9-19(10-12(3)4)14-6-7-15(13(5)8-14)16(17)18-20/h6-8,11-12,20H,9-10H2,1-5H3,(H2,17,18). The number of hydrogen-bond donors (Lipinski definition) is 2. The van der Waals surface area contributed by atoms with Crippen LogP contribution in [0.4, 0.5) is 5.69 Å². The van der Waals surface area contributed by atoms with E-state index in [0.717, 1.165) is 24.2 Å². The zero-order valence-corrected chi connectivity index (χ0v) is 13.2. The highest BCUT2D eigenvalue weighted by atomic mass is 16.4. The van der Waals surface area contributed by atoms with Crippen molar-refractivity contribution in [2.24, 2.45) is 22.7 Å². The maximum Gasteiger partial charge on any atom is 0.170 e. The lowest BCUT2D eigenvalue weighted by atomic mass is 10.0. The minimum atomic E-state index is 0.160. The highest BCUT2D eigenvalue weighted by Gasteiger charge is 2.12. The van der Waals surface area contributed by atoms with Gasteiger partial charge in [-0.2, -0.15) is 0 Å². The van der Waals surface area contributed by atoms with Crippen molar-refractivity contribution in [3.05, 3.63) is 29.3 Å². The first-order valence-corrected chi connectivity index (χ1v) is 7.18. The molecule has 1 aromatic rings. The average molecular weight is 277 g/mol. The van der Waals surface area contributed by atoms with Crippen LogP contribution in [0.15, 0.2) is 23.4 Å². The zero-order chi connectivity index (χ0) is 15.3. The van der Waals surface area contributed by atoms with Gasteiger partial charge in [0.15, 0.2) is 5.84 Å². The molecule has 0 bridgehead atoms. The fourth-order valence-corrected chi connectivity index (χ4v) is 2.35. The molecule has 0 fully saturated rings. The summed E-state index contributed by atoms with van der Waals surface area (Å²) in [5.74, 6) is 1.38. The van der Waals surface area contributed by atoms with Gasteiger partial charge < -0.3 is 15.8 Å². The third-order valence-electron chi connectivity index (χ3n) is 3.13. The molecule has 0 heterocycles. The van der Waals surface area contributed by atoms with Gasteiger partial charge >= 0.3 is 0 Å². The lowest BCUT2D eigenvalue weighted by Gasteiger charge is -2.29. The van der Waals surface area contributed by atoms with E-state index in [2.05, 4.69) is 43.8 Å². The van der Waals surface area contributed by atoms with Crippen molar-refractivity contribution in [2.75, 3.05) is 18.0 Å². The summed E-state index contributed by atoms with van der Waals surface area (Å²) in [6, 6.07) is 6.08. The van der Waals surface area contributed by atoms with Gasteiger partial charge in [0.1, 0.15) is 0 Å². The average Bonchev–Trinajstić information content (AvgIpc) is 2.35. The molecule has 0 aliphatic carbocycles. The molecule has 0 radical (unpaired) electrons. The molecule has 112 valence electrons. The first-order chi connectivity index (χ1) is 9.35. The van der Waals surface area contributed by atoms with Crippen LogP contribution >= 0.6 is 0 Å². The molecule has 3 N–H and O–H groups in total. The monoisotopic (exact) mass is 277 g/mol. The molecule has 0 saturated heterocycles. The Bertz CT molecular complexity index is 457. The number of nitrogens with zero attached hydrogens (tertiary/aromatic N) is 2. The highest BCUT2D eigenvalue weighted by Crippen LogP contribution is 2.21. The number of hydrogen-bond acceptors (Lipinski definition) is 3. The molecular weight excluding hydrogens is 250 g/mol. The van der Waals surface area contributed by atoms with Gasteiger partial charge in [0.2, 0.25) is 0 Å². The summed E-state index contributed by atoms with van der Waals surface area (Å²) in [4.78, 5) is 2.40. The molecule has 0 aliphatic heterocycles. The quantitative estimate of drug-likeness (QED) is 0.363. The summed E-state index contributed by atoms with van der Waals surface area (Å²) in [5.41, 5.74) is 8.67. The topological polar surface area (TPSA) is 61.8 Å². The molecule has 0 aromatic heterocycles. The normalized spacial score (nSPS) is 12.2. The van der Waals surface area contributed by atoms with Crippen LogP contribution in [0.3, 0.4) is 0 Å². The van der Waals surface area contributed by atoms with Gasteiger partial charge in [-0.3, -0.25) is 0 Å². The van der Waals surface area contributed by atoms with Gasteiger partial charge in [-0.05, 0) is 42.5 Å². The fraction of sp³-hybridized carbons (Fsp3) is 0.562. The van der Waals surface area contributed by atoms with E-state index in [0.29, 0.717) is 11.8 Å². The van der Waals surface area contributed by atoms with Crippen molar-refractivity contribution in [2.45, 2.75) is 34.6 Å². The van der Waals surface area contributed by atoms with Crippen molar-refractivity contribution in [3.63, 3.8) is 0 Å². The Balaban J connectivity index is 3.05. The highest BCUT2D eigenvalue weighted by molar-refractivity contribution is 5.98. The summed E-state index contributed by atoms with van der Waals surface area (Å²) in [5, 5.41) is 11.9. The Morgan fingerprint density at radius 1 is 1.20 bits per heavy atom. The Morgan fingerprint density at radius 2 is 1.75 bits per heavy atom. The van der Waals surface area contributed by atoms with Crippen molar-refractivity contribution in [1.29, 1.82) is 0 Å². The molecule has 0 aliphatic rings. The second-order valence-electron chi connectivity index (χ2n) is 6.18. The largest absolute Gasteiger partial charge is 0.409 e. The van der Waals surface area contributed by atoms with E-state index in [1.165, 1.54) is 5.69 Å². The van der Waals surface area contributed by atoms with Crippen LogP contribution in [-0.2, 0) is 0 Å². The van der Waals surface area contributed by atoms with E-state index >= 15 is 0 Å². The number of nitrogens with two attached hydrogens (primary N) is 1. The minimum absolute atomic E-state index is 0.160. The third kappa shape index (κ3) is 4.44. The maximum absolute atomic E-state index is 8.78. The van der Waals surface area contributed by atoms with E-state index in [-0.39, 0.29) is 5.84 Å². The Labute approximate surface area is 122 Å². The van der Waals surface area contributed by atoms with Gasteiger partial charge in [-0.25, -0.2) is 0 Å². The van der Waals surface area contributed by atoms with Crippen LogP contribution < -0.4 is 10.6 Å². The SMILES string of the molecule is Cc1cc(N(CC(C)C)CC(C)C)ccc1/C(N)=N/O. The van der Waals surface area contributed by atoms with Gasteiger partial charge in [0.05, 0.1) is 0 Å². The van der Waals surface area contributed by atoms with Gasteiger partial charge in [0.25, 0.3) is 0 Å². The van der Waals surface area contributed by atoms with Crippen LogP contribution in [0.1, 0.15) is 38.8 Å². The zero-order valence-electron chi connectivity index (χ0n) is 13.2. The number of rotatable bonds is 6. The van der Waals surface area contributed by atoms with E-state index in [1.54, 1.807) is 0 Å². The predicted octanol–water partition coefficient (Wildman–Crippen LogP) is 3.21. The summed E-state index contributed by atoms with van der Waals surface area (Å²) in [7, 11) is 0. The third-order valence-corrected chi connectivity index (χ3v) is 3.13. The molecule has 0 amide bonds. The number of benzene rings is 1. The van der Waals surface area contributed by atoms with Crippen LogP contribution in [0, 0.1) is 18.8 Å². The van der Waals surface area contributed by atoms with Crippen LogP contribution in [0.25, 0.3) is 0 Å². The molecule has 4 nitrogen and oxygen atoms in total. The van der Waals surface area contributed by atoms with Crippen LogP contribution in [0.5, 0.6) is 0 Å². The minimum Gasteiger partial charge on any atom is -0.409 e. The Kier molecular flexibility index (Phi) is 5.86. The Morgan fingerprint density at radius 3 is 2.15 bits per heavy atom. The second-order valence-corrected chi connectivity index (χ2v) is 6.18. The molecule has 0 atom stereocenters. The number of anilines is 1. The molecule has 0 unspecified atom stereocenters. The lowest BCUT2D eigenvalue weighted by molar-refractivity contribution is 0.318. The van der Waals surface area contributed by atoms with Gasteiger partial charge in [-0.15, -0.1) is 0 Å². The maximum atomic E-state index is 8.78. The lowest BCUT2D eigenvalue weighted by Crippen LogP contribution is -2.31. The van der Waals surface area contributed by atoms with Crippen molar-refractivity contribution < 1.29 is 5.21 Å². The van der Waals surface area contributed by atoms with Crippen LogP contribution in [0.2, 0.25) is 0 Å². The molecular formula is C16H27N3O. The summed E-state index contributed by atoms with van der Waals surface area (Å²) in [6.07, 6.45) is 0. The molecule has 20 heavy (non-hydrogen) atoms. The van der Waals surface area contributed by atoms with E-state index in [9.17, 15) is 0 Å². The molecule has 0 spiro atoms. The van der Waals surface area contributed by atoms with E-state index in [1.807, 2.05) is 19.1 Å². The van der Waals surface area contributed by atoms with Crippen molar-refractivity contribution >= 4 is 11.5 Å². The first kappa shape index (κ1) is 16.3. The molecule has 4 heteroatoms. The summed E-state index contributed by atoms with van der Waals surface area (Å²) < 4.78 is 0. The first-order valence-electron chi connectivity index (χ1n) is 7.18. The molecule has 1 aromatic carbocycles. The Hall–Kier alpha value is -1.71. The summed E-state index contributed by atoms with van der Waals surface area (Å²) >= 11 is 0. The van der Waals surface area contributed by atoms with E-state index < -0.39 is 0 Å². The number of oxime groups is 1. The predicted molar refractivity (Wildman–Crippen MR) is 85.6 cm³/mol. The van der Waals surface area contributed by atoms with Gasteiger partial charge in [-0.1, -0.05) is 32.9 Å². The molecule has 0 saturated carbocycles. The number of aryl methyl sites for hydroxylation is 1. The smallest absolute Gasteiger partial charge is 0.170 e. The number of amidine groups is 1.